The van der Waals surface area contributed by atoms with E-state index in [4.69, 9.17) is 27.9 Å². The molecule has 0 bridgehead atoms. The Balaban J connectivity index is 1.59. The van der Waals surface area contributed by atoms with Crippen LogP contribution in [-0.4, -0.2) is 41.3 Å². The molecule has 7 nitrogen and oxygen atoms in total. The lowest BCUT2D eigenvalue weighted by Gasteiger charge is -2.16. The van der Waals surface area contributed by atoms with Gasteiger partial charge in [-0.2, -0.15) is 0 Å². The third kappa shape index (κ3) is 4.87. The van der Waals surface area contributed by atoms with Gasteiger partial charge in [-0.05, 0) is 50.1 Å². The summed E-state index contributed by atoms with van der Waals surface area (Å²) in [5.74, 6) is -0.532. The molecule has 1 saturated heterocycles. The highest BCUT2D eigenvalue weighted by molar-refractivity contribution is 6.35. The number of rotatable bonds is 5. The van der Waals surface area contributed by atoms with Crippen molar-refractivity contribution in [1.82, 2.24) is 10.2 Å². The number of halogens is 2. The molecule has 1 N–H and O–H groups in total. The average Bonchev–Trinajstić information content (AvgIpc) is 3.19. The van der Waals surface area contributed by atoms with E-state index in [2.05, 4.69) is 20.4 Å². The van der Waals surface area contributed by atoms with E-state index in [1.807, 2.05) is 0 Å². The molecule has 3 rings (SSSR count). The zero-order valence-corrected chi connectivity index (χ0v) is 16.1. The van der Waals surface area contributed by atoms with Crippen LogP contribution < -0.4 is 10.2 Å². The van der Waals surface area contributed by atoms with Crippen LogP contribution in [-0.2, 0) is 9.53 Å². The number of nitrogens with zero attached hydrogens (tertiary/aromatic N) is 3. The van der Waals surface area contributed by atoms with Crippen molar-refractivity contribution in [3.05, 3.63) is 46.1 Å². The maximum atomic E-state index is 12.2. The van der Waals surface area contributed by atoms with Gasteiger partial charge in [0, 0.05) is 18.1 Å². The molecule has 27 heavy (non-hydrogen) atoms. The Bertz CT molecular complexity index is 839. The summed E-state index contributed by atoms with van der Waals surface area (Å²) >= 11 is 11.9. The van der Waals surface area contributed by atoms with Crippen molar-refractivity contribution in [1.29, 1.82) is 0 Å². The molecule has 1 atom stereocenters. The summed E-state index contributed by atoms with van der Waals surface area (Å²) in [4.78, 5) is 26.5. The molecule has 142 valence electrons. The molecule has 9 heteroatoms. The number of benzene rings is 1. The summed E-state index contributed by atoms with van der Waals surface area (Å²) in [6, 6.07) is 7.95. The maximum absolute atomic E-state index is 12.2. The van der Waals surface area contributed by atoms with Gasteiger partial charge in [-0.1, -0.05) is 23.2 Å². The average molecular weight is 409 g/mol. The van der Waals surface area contributed by atoms with Crippen LogP contribution in [0.15, 0.2) is 30.3 Å². The molecule has 1 aromatic carbocycles. The summed E-state index contributed by atoms with van der Waals surface area (Å²) in [7, 11) is 0. The quantitative estimate of drug-likeness (QED) is 0.761. The van der Waals surface area contributed by atoms with Crippen LogP contribution >= 0.6 is 23.2 Å². The van der Waals surface area contributed by atoms with E-state index in [9.17, 15) is 9.59 Å². The van der Waals surface area contributed by atoms with E-state index in [1.165, 1.54) is 13.0 Å². The molecule has 1 aliphatic rings. The molecular formula is C18H18Cl2N4O3. The minimum Gasteiger partial charge on any atom is -0.448 e. The highest BCUT2D eigenvalue weighted by Crippen LogP contribution is 2.25. The summed E-state index contributed by atoms with van der Waals surface area (Å²) < 4.78 is 5.16. The number of anilines is 2. The Morgan fingerprint density at radius 3 is 2.56 bits per heavy atom. The fourth-order valence-electron chi connectivity index (χ4n) is 2.65. The minimum absolute atomic E-state index is 0.0402. The molecule has 0 radical (unpaired) electrons. The highest BCUT2D eigenvalue weighted by Gasteiger charge is 2.22. The Hall–Kier alpha value is -2.38. The van der Waals surface area contributed by atoms with E-state index in [1.54, 1.807) is 24.3 Å². The standard InChI is InChI=1S/C18H18Cl2N4O3/c1-11(17(25)21-15-10-12(19)4-5-13(15)20)27-18(26)14-6-7-16(23-22-14)24-8-2-3-9-24/h4-7,10-11H,2-3,8-9H2,1H3,(H,21,25). The maximum Gasteiger partial charge on any atom is 0.359 e. The summed E-state index contributed by atoms with van der Waals surface area (Å²) in [6.45, 7) is 3.32. The first kappa shape index (κ1) is 19.4. The van der Waals surface area contributed by atoms with E-state index >= 15 is 0 Å². The second-order valence-corrected chi connectivity index (χ2v) is 6.98. The van der Waals surface area contributed by atoms with Gasteiger partial charge < -0.3 is 15.0 Å². The van der Waals surface area contributed by atoms with Crippen molar-refractivity contribution in [2.75, 3.05) is 23.3 Å². The van der Waals surface area contributed by atoms with E-state index in [0.717, 1.165) is 31.7 Å². The predicted octanol–water partition coefficient (Wildman–Crippen LogP) is 3.57. The predicted molar refractivity (Wildman–Crippen MR) is 103 cm³/mol. The van der Waals surface area contributed by atoms with Crippen molar-refractivity contribution in [3.63, 3.8) is 0 Å². The fraction of sp³-hybridized carbons (Fsp3) is 0.333. The van der Waals surface area contributed by atoms with Crippen molar-refractivity contribution in [2.45, 2.75) is 25.9 Å². The number of aromatic nitrogens is 2. The van der Waals surface area contributed by atoms with Gasteiger partial charge in [-0.15, -0.1) is 10.2 Å². The largest absolute Gasteiger partial charge is 0.448 e. The smallest absolute Gasteiger partial charge is 0.359 e. The molecule has 1 aliphatic heterocycles. The van der Waals surface area contributed by atoms with Gasteiger partial charge >= 0.3 is 5.97 Å². The summed E-state index contributed by atoms with van der Waals surface area (Å²) in [5, 5.41) is 11.3. The van der Waals surface area contributed by atoms with Crippen LogP contribution in [0.4, 0.5) is 11.5 Å². The van der Waals surface area contributed by atoms with Crippen LogP contribution in [0.2, 0.25) is 10.0 Å². The lowest BCUT2D eigenvalue weighted by molar-refractivity contribution is -0.123. The number of nitrogens with one attached hydrogen (secondary N) is 1. The normalized spacial score (nSPS) is 14.7. The Morgan fingerprint density at radius 1 is 1.15 bits per heavy atom. The first-order chi connectivity index (χ1) is 12.9. The highest BCUT2D eigenvalue weighted by atomic mass is 35.5. The van der Waals surface area contributed by atoms with Crippen LogP contribution in [0.1, 0.15) is 30.3 Å². The third-order valence-corrected chi connectivity index (χ3v) is 4.69. The number of carbonyl (C=O) groups excluding carboxylic acids is 2. The van der Waals surface area contributed by atoms with Crippen molar-refractivity contribution in [3.8, 4) is 0 Å². The number of esters is 1. The lowest BCUT2D eigenvalue weighted by atomic mass is 10.3. The minimum atomic E-state index is -1.05. The lowest BCUT2D eigenvalue weighted by Crippen LogP contribution is -2.30. The van der Waals surface area contributed by atoms with Crippen molar-refractivity contribution >= 4 is 46.6 Å². The fourth-order valence-corrected chi connectivity index (χ4v) is 2.99. The molecule has 2 aromatic rings. The molecule has 0 saturated carbocycles. The molecule has 1 unspecified atom stereocenters. The van der Waals surface area contributed by atoms with Gasteiger partial charge in [-0.3, -0.25) is 4.79 Å². The third-order valence-electron chi connectivity index (χ3n) is 4.13. The number of hydrogen-bond donors (Lipinski definition) is 1. The van der Waals surface area contributed by atoms with Crippen LogP contribution in [0.3, 0.4) is 0 Å². The SMILES string of the molecule is CC(OC(=O)c1ccc(N2CCCC2)nn1)C(=O)Nc1cc(Cl)ccc1Cl. The molecule has 1 amide bonds. The van der Waals surface area contributed by atoms with Crippen molar-refractivity contribution < 1.29 is 14.3 Å². The monoisotopic (exact) mass is 408 g/mol. The number of hydrogen-bond acceptors (Lipinski definition) is 6. The molecule has 1 fully saturated rings. The van der Waals surface area contributed by atoms with Crippen LogP contribution in [0.25, 0.3) is 0 Å². The Labute approximate surface area is 166 Å². The van der Waals surface area contributed by atoms with Gasteiger partial charge in [-0.25, -0.2) is 4.79 Å². The van der Waals surface area contributed by atoms with E-state index in [0.29, 0.717) is 15.7 Å². The molecule has 1 aromatic heterocycles. The second-order valence-electron chi connectivity index (χ2n) is 6.13. The van der Waals surface area contributed by atoms with Gasteiger partial charge in [0.2, 0.25) is 0 Å². The van der Waals surface area contributed by atoms with E-state index in [-0.39, 0.29) is 5.69 Å². The number of ether oxygens (including phenoxy) is 1. The zero-order chi connectivity index (χ0) is 19.4. The summed E-state index contributed by atoms with van der Waals surface area (Å²) in [5.41, 5.74) is 0.380. The molecular weight excluding hydrogens is 391 g/mol. The molecule has 0 aliphatic carbocycles. The Morgan fingerprint density at radius 2 is 1.89 bits per heavy atom. The second kappa shape index (κ2) is 8.54. The number of amides is 1. The first-order valence-corrected chi connectivity index (χ1v) is 9.25. The molecule has 2 heterocycles. The zero-order valence-electron chi connectivity index (χ0n) is 14.6. The van der Waals surface area contributed by atoms with Crippen LogP contribution in [0, 0.1) is 0 Å². The van der Waals surface area contributed by atoms with Gasteiger partial charge in [0.15, 0.2) is 17.6 Å². The van der Waals surface area contributed by atoms with Crippen LogP contribution in [0.5, 0.6) is 0 Å². The van der Waals surface area contributed by atoms with Gasteiger partial charge in [0.1, 0.15) is 0 Å². The van der Waals surface area contributed by atoms with Crippen molar-refractivity contribution in [2.24, 2.45) is 0 Å². The van der Waals surface area contributed by atoms with E-state index < -0.39 is 18.0 Å². The Kier molecular flexibility index (Phi) is 6.13. The molecule has 0 spiro atoms. The number of carbonyl (C=O) groups is 2. The topological polar surface area (TPSA) is 84.4 Å². The first-order valence-electron chi connectivity index (χ1n) is 8.49. The summed E-state index contributed by atoms with van der Waals surface area (Å²) in [6.07, 6.45) is 1.19. The van der Waals surface area contributed by atoms with Gasteiger partial charge in [0.25, 0.3) is 5.91 Å². The van der Waals surface area contributed by atoms with Gasteiger partial charge in [0.05, 0.1) is 10.7 Å².